The Kier molecular flexibility index (Phi) is 16.6. The Labute approximate surface area is 427 Å². The van der Waals surface area contributed by atoms with Gasteiger partial charge in [-0.1, -0.05) is 27.7 Å². The average Bonchev–Trinajstić information content (AvgIpc) is 3.75. The summed E-state index contributed by atoms with van der Waals surface area (Å²) in [5, 5.41) is 0. The van der Waals surface area contributed by atoms with E-state index in [0.717, 1.165) is 92.6 Å². The predicted molar refractivity (Wildman–Crippen MR) is 250 cm³/mol. The van der Waals surface area contributed by atoms with Crippen molar-refractivity contribution in [3.63, 3.8) is 0 Å². The highest BCUT2D eigenvalue weighted by atomic mass is 16.8. The molecule has 22 atom stereocenters. The minimum Gasteiger partial charge on any atom is -0.463 e. The van der Waals surface area contributed by atoms with Crippen LogP contribution in [-0.4, -0.2) is 141 Å². The number of hydrogen-bond donors (Lipinski definition) is 0. The molecule has 4 saturated carbocycles. The molecule has 0 aromatic heterocycles. The van der Waals surface area contributed by atoms with E-state index in [1.54, 1.807) is 0 Å². The number of rotatable bonds is 13. The van der Waals surface area contributed by atoms with Crippen LogP contribution >= 0.6 is 0 Å². The van der Waals surface area contributed by atoms with Gasteiger partial charge in [0.25, 0.3) is 0 Å². The van der Waals surface area contributed by atoms with Crippen molar-refractivity contribution in [2.45, 2.75) is 220 Å². The molecule has 0 bridgehead atoms. The van der Waals surface area contributed by atoms with E-state index < -0.39 is 122 Å². The molecule has 8 rings (SSSR count). The molecule has 4 aliphatic carbocycles. The van der Waals surface area contributed by atoms with Crippen molar-refractivity contribution in [3.05, 3.63) is 0 Å². The molecule has 0 amide bonds. The molecular weight excluding hydrogens is 957 g/mol. The Morgan fingerprint density at radius 1 is 0.521 bits per heavy atom. The molecule has 73 heavy (non-hydrogen) atoms. The molecule has 8 fully saturated rings. The van der Waals surface area contributed by atoms with Crippen molar-refractivity contribution in [1.82, 2.24) is 0 Å². The Balaban J connectivity index is 1.03. The minimum atomic E-state index is -1.78. The summed E-state index contributed by atoms with van der Waals surface area (Å²) in [6.45, 7) is 17.2. The largest absolute Gasteiger partial charge is 0.463 e. The lowest BCUT2D eigenvalue weighted by Gasteiger charge is -2.61. The van der Waals surface area contributed by atoms with Crippen molar-refractivity contribution in [1.29, 1.82) is 0 Å². The number of ether oxygens (including phenoxy) is 13. The Bertz CT molecular complexity index is 2070. The van der Waals surface area contributed by atoms with Crippen LogP contribution in [0, 0.1) is 52.3 Å². The number of fused-ring (bicyclic) bond motifs is 7. The molecular formula is C53H78O20. The summed E-state index contributed by atoms with van der Waals surface area (Å²) in [5.41, 5.74) is 0.242. The smallest absolute Gasteiger partial charge is 0.303 e. The second-order valence-corrected chi connectivity index (χ2v) is 22.9. The number of carbonyl (C=O) groups is 7. The molecule has 20 nitrogen and oxygen atoms in total. The van der Waals surface area contributed by atoms with Crippen molar-refractivity contribution in [2.75, 3.05) is 19.8 Å². The summed E-state index contributed by atoms with van der Waals surface area (Å²) < 4.78 is 79.2. The molecule has 20 heteroatoms. The zero-order valence-corrected chi connectivity index (χ0v) is 44.3. The number of carbonyl (C=O) groups excluding carboxylic acids is 7. The van der Waals surface area contributed by atoms with E-state index >= 15 is 0 Å². The maximum Gasteiger partial charge on any atom is 0.303 e. The van der Waals surface area contributed by atoms with Crippen LogP contribution in [-0.2, 0) is 95.1 Å². The fourth-order valence-electron chi connectivity index (χ4n) is 15.1. The van der Waals surface area contributed by atoms with Crippen LogP contribution in [0.25, 0.3) is 0 Å². The monoisotopic (exact) mass is 1030 g/mol. The van der Waals surface area contributed by atoms with Gasteiger partial charge in [-0.05, 0) is 104 Å². The standard InChI is InChI=1S/C53H78O20/c1-25-14-19-53(63-22-25)26(2)42-39(73-53)21-38-36-13-12-34-20-35(15-17-51(34,10)37(36)16-18-52(38,42)11)69-49-47(67-32(8)59)46(66-31(7)58)44(41(70-49)24-62-28(4)55)72-50-48(68-33(9)60)45(65-30(6)57)43(64-29(5)56)40(71-50)23-61-27(3)54/h25-26,34-50H,12-24H2,1-11H3/t25-,26?,34?,35-,36+,37-,38-,39?,40+,41+,42?,43+,44+,45-,46-,47+,48+,49+,50-,51-,52-,53+/m0/s1. The summed E-state index contributed by atoms with van der Waals surface area (Å²) in [5.74, 6) is -2.67. The van der Waals surface area contributed by atoms with Gasteiger partial charge in [0.05, 0.1) is 18.8 Å². The lowest BCUT2D eigenvalue weighted by atomic mass is 9.44. The van der Waals surface area contributed by atoms with Gasteiger partial charge in [0.1, 0.15) is 31.5 Å². The fourth-order valence-corrected chi connectivity index (χ4v) is 15.1. The lowest BCUT2D eigenvalue weighted by Crippen LogP contribution is -2.67. The van der Waals surface area contributed by atoms with Gasteiger partial charge in [-0.25, -0.2) is 0 Å². The molecule has 0 radical (unpaired) electrons. The van der Waals surface area contributed by atoms with Crippen LogP contribution in [0.3, 0.4) is 0 Å². The predicted octanol–water partition coefficient (Wildman–Crippen LogP) is 5.44. The van der Waals surface area contributed by atoms with Crippen molar-refractivity contribution >= 4 is 41.8 Å². The Hall–Kier alpha value is -3.95. The van der Waals surface area contributed by atoms with E-state index in [-0.39, 0.29) is 23.0 Å². The maximum atomic E-state index is 13.1. The first kappa shape index (κ1) is 55.3. The molecule has 4 unspecified atom stereocenters. The average molecular weight is 1040 g/mol. The van der Waals surface area contributed by atoms with Gasteiger partial charge in [-0.2, -0.15) is 0 Å². The van der Waals surface area contributed by atoms with Crippen molar-refractivity contribution in [3.8, 4) is 0 Å². The van der Waals surface area contributed by atoms with Gasteiger partial charge in [0.15, 0.2) is 48.9 Å². The SMILES string of the molecule is CC(=O)OC[C@H]1O[C@@H](O[C@H]2[C@H](OC(C)=O)[C@@H](OC(C)=O)[C@H](O[C@H]3CC[C@@]4(C)C(CC[C@@H]5[C@@H]4CC[C@]4(C)C6C(C[C@@H]54)O[C@]4(CC[C@H](C)CO4)C6C)C3)O[C@@H]2COC(C)=O)[C@H](OC(C)=O)[C@@H](OC(C)=O)[C@@H]1OC(C)=O. The van der Waals surface area contributed by atoms with Crippen LogP contribution in [0.1, 0.15) is 140 Å². The van der Waals surface area contributed by atoms with Crippen LogP contribution in [0.15, 0.2) is 0 Å². The van der Waals surface area contributed by atoms with Gasteiger partial charge < -0.3 is 61.6 Å². The van der Waals surface area contributed by atoms with Crippen LogP contribution < -0.4 is 0 Å². The molecule has 0 aromatic rings. The molecule has 0 aromatic carbocycles. The van der Waals surface area contributed by atoms with E-state index in [0.29, 0.717) is 54.3 Å². The highest BCUT2D eigenvalue weighted by molar-refractivity contribution is 5.69. The molecule has 4 saturated heterocycles. The van der Waals surface area contributed by atoms with Crippen LogP contribution in [0.2, 0.25) is 0 Å². The first-order valence-corrected chi connectivity index (χ1v) is 26.5. The fraction of sp³-hybridized carbons (Fsp3) is 0.868. The molecule has 4 heterocycles. The van der Waals surface area contributed by atoms with Crippen molar-refractivity contribution < 1.29 is 95.1 Å². The topological polar surface area (TPSA) is 239 Å². The third kappa shape index (κ3) is 11.3. The number of hydrogen-bond acceptors (Lipinski definition) is 20. The molecule has 4 aliphatic heterocycles. The summed E-state index contributed by atoms with van der Waals surface area (Å²) in [4.78, 5) is 88.3. The molecule has 0 N–H and O–H groups in total. The highest BCUT2D eigenvalue weighted by Gasteiger charge is 2.69. The quantitative estimate of drug-likeness (QED) is 0.127. The van der Waals surface area contributed by atoms with Gasteiger partial charge in [0, 0.05) is 60.8 Å². The molecule has 1 spiro atoms. The van der Waals surface area contributed by atoms with E-state index in [4.69, 9.17) is 61.6 Å². The lowest BCUT2D eigenvalue weighted by molar-refractivity contribution is -0.365. The zero-order valence-electron chi connectivity index (χ0n) is 44.3. The summed E-state index contributed by atoms with van der Waals surface area (Å²) in [6, 6.07) is 0. The van der Waals surface area contributed by atoms with Crippen molar-refractivity contribution in [2.24, 2.45) is 52.3 Å². The normalized spacial score (nSPS) is 44.7. The van der Waals surface area contributed by atoms with Gasteiger partial charge in [-0.3, -0.25) is 33.6 Å². The van der Waals surface area contributed by atoms with Gasteiger partial charge in [0.2, 0.25) is 0 Å². The highest BCUT2D eigenvalue weighted by Crippen LogP contribution is 2.71. The summed E-state index contributed by atoms with van der Waals surface area (Å²) >= 11 is 0. The zero-order chi connectivity index (χ0) is 52.9. The van der Waals surface area contributed by atoms with Crippen LogP contribution in [0.4, 0.5) is 0 Å². The minimum absolute atomic E-state index is 0.0577. The first-order valence-electron chi connectivity index (χ1n) is 26.5. The van der Waals surface area contributed by atoms with Gasteiger partial charge in [-0.15, -0.1) is 0 Å². The summed E-state index contributed by atoms with van der Waals surface area (Å²) in [6.07, 6.45) is -5.52. The third-order valence-corrected chi connectivity index (χ3v) is 18.1. The van der Waals surface area contributed by atoms with E-state index in [1.807, 2.05) is 0 Å². The number of esters is 7. The molecule has 410 valence electrons. The summed E-state index contributed by atoms with van der Waals surface area (Å²) in [7, 11) is 0. The third-order valence-electron chi connectivity index (χ3n) is 18.1. The van der Waals surface area contributed by atoms with E-state index in [2.05, 4.69) is 27.7 Å². The second kappa shape index (κ2) is 22.0. The van der Waals surface area contributed by atoms with E-state index in [9.17, 15) is 33.6 Å². The van der Waals surface area contributed by atoms with E-state index in [1.165, 1.54) is 13.8 Å². The van der Waals surface area contributed by atoms with Crippen LogP contribution in [0.5, 0.6) is 0 Å². The Morgan fingerprint density at radius 3 is 1.59 bits per heavy atom. The molecule has 8 aliphatic rings. The maximum absolute atomic E-state index is 13.1. The van der Waals surface area contributed by atoms with Gasteiger partial charge >= 0.3 is 41.8 Å². The Morgan fingerprint density at radius 2 is 1.04 bits per heavy atom. The first-order chi connectivity index (χ1) is 34.4. The second-order valence-electron chi connectivity index (χ2n) is 22.9.